The van der Waals surface area contributed by atoms with Crippen LogP contribution < -0.4 is 10.1 Å². The third-order valence-corrected chi connectivity index (χ3v) is 5.84. The van der Waals surface area contributed by atoms with E-state index < -0.39 is 4.75 Å². The smallest absolute Gasteiger partial charge is 0.286 e. The molecule has 1 atom stereocenters. The first kappa shape index (κ1) is 18.6. The monoisotopic (exact) mass is 395 g/mol. The highest BCUT2D eigenvalue weighted by atomic mass is 32.2. The highest BCUT2D eigenvalue weighted by molar-refractivity contribution is 8.16. The molecule has 1 aromatic heterocycles. The Labute approximate surface area is 167 Å². The molecule has 0 saturated carbocycles. The van der Waals surface area contributed by atoms with E-state index in [1.165, 1.54) is 5.56 Å². The Bertz CT molecular complexity index is 1040. The van der Waals surface area contributed by atoms with E-state index in [9.17, 15) is 9.59 Å². The van der Waals surface area contributed by atoms with Crippen LogP contribution in [0.1, 0.15) is 18.1 Å². The fraction of sp³-hybridized carbons (Fsp3) is 0.286. The van der Waals surface area contributed by atoms with Crippen LogP contribution in [0.15, 0.2) is 48.7 Å². The van der Waals surface area contributed by atoms with Gasteiger partial charge in [0, 0.05) is 11.6 Å². The van der Waals surface area contributed by atoms with Gasteiger partial charge in [0.05, 0.1) is 12.1 Å². The number of hydrogen-bond acceptors (Lipinski definition) is 5. The van der Waals surface area contributed by atoms with Crippen molar-refractivity contribution >= 4 is 33.8 Å². The second kappa shape index (κ2) is 7.31. The van der Waals surface area contributed by atoms with E-state index in [2.05, 4.69) is 29.5 Å². The number of aryl methyl sites for hydroxylation is 1. The van der Waals surface area contributed by atoms with Crippen LogP contribution in [0.5, 0.6) is 5.75 Å². The Morgan fingerprint density at radius 1 is 1.18 bits per heavy atom. The molecule has 144 valence electrons. The van der Waals surface area contributed by atoms with E-state index in [4.69, 9.17) is 4.74 Å². The first-order valence-electron chi connectivity index (χ1n) is 9.11. The summed E-state index contributed by atoms with van der Waals surface area (Å²) >= 11 is 1.05. The number of nitrogens with zero attached hydrogens (tertiary/aromatic N) is 2. The van der Waals surface area contributed by atoms with Crippen LogP contribution in [-0.2, 0) is 17.8 Å². The summed E-state index contributed by atoms with van der Waals surface area (Å²) in [5.74, 6) is 0.533. The normalized spacial score (nSPS) is 19.2. The van der Waals surface area contributed by atoms with Crippen molar-refractivity contribution in [3.63, 3.8) is 0 Å². The predicted octanol–water partition coefficient (Wildman–Crippen LogP) is 3.71. The van der Waals surface area contributed by atoms with Crippen LogP contribution in [0.25, 0.3) is 10.9 Å². The zero-order valence-corrected chi connectivity index (χ0v) is 16.6. The molecule has 0 aliphatic carbocycles. The van der Waals surface area contributed by atoms with Gasteiger partial charge in [0.1, 0.15) is 17.1 Å². The number of thioether (sulfide) groups is 1. The fourth-order valence-electron chi connectivity index (χ4n) is 3.28. The molecule has 1 unspecified atom stereocenters. The second-order valence-electron chi connectivity index (χ2n) is 7.20. The first-order valence-corrected chi connectivity index (χ1v) is 9.93. The number of carbonyl (C=O) groups is 2. The standard InChI is InChI=1S/C21H21N3O3S/c1-14-3-8-18-16(11-14)13-24(23-18)9-10-27-17-6-4-15(5-7-17)12-21(2)19(25)22-20(26)28-21/h3-8,11,13H,9-10,12H2,1-2H3,(H,22,25,26). The minimum absolute atomic E-state index is 0.232. The lowest BCUT2D eigenvalue weighted by Crippen LogP contribution is -2.35. The molecule has 3 aromatic rings. The number of imide groups is 1. The molecule has 1 N–H and O–H groups in total. The molecule has 1 aliphatic heterocycles. The maximum atomic E-state index is 12.0. The lowest BCUT2D eigenvalue weighted by molar-refractivity contribution is -0.121. The maximum absolute atomic E-state index is 12.0. The van der Waals surface area contributed by atoms with Crippen LogP contribution in [0.3, 0.4) is 0 Å². The van der Waals surface area contributed by atoms with Crippen LogP contribution in [0, 0.1) is 6.92 Å². The number of amides is 2. The Kier molecular flexibility index (Phi) is 4.85. The van der Waals surface area contributed by atoms with E-state index >= 15 is 0 Å². The van der Waals surface area contributed by atoms with E-state index in [1.54, 1.807) is 6.92 Å². The summed E-state index contributed by atoms with van der Waals surface area (Å²) < 4.78 is 6.96. The number of carbonyl (C=O) groups excluding carboxylic acids is 2. The van der Waals surface area contributed by atoms with Crippen LogP contribution >= 0.6 is 11.8 Å². The molecule has 4 rings (SSSR count). The molecule has 2 aromatic carbocycles. The number of fused-ring (bicyclic) bond motifs is 1. The second-order valence-corrected chi connectivity index (χ2v) is 8.67. The van der Waals surface area contributed by atoms with E-state index in [-0.39, 0.29) is 11.1 Å². The summed E-state index contributed by atoms with van der Waals surface area (Å²) in [4.78, 5) is 23.4. The molecular weight excluding hydrogens is 374 g/mol. The van der Waals surface area contributed by atoms with Crippen LogP contribution in [0.2, 0.25) is 0 Å². The van der Waals surface area contributed by atoms with Crippen molar-refractivity contribution in [3.05, 3.63) is 59.8 Å². The molecular formula is C21H21N3O3S. The van der Waals surface area contributed by atoms with Crippen LogP contribution in [-0.4, -0.2) is 32.3 Å². The predicted molar refractivity (Wildman–Crippen MR) is 110 cm³/mol. The molecule has 2 amide bonds. The number of benzene rings is 2. The van der Waals surface area contributed by atoms with Gasteiger partial charge in [0.25, 0.3) is 5.24 Å². The van der Waals surface area contributed by atoms with Crippen molar-refractivity contribution in [1.82, 2.24) is 15.1 Å². The summed E-state index contributed by atoms with van der Waals surface area (Å²) in [7, 11) is 0. The van der Waals surface area contributed by atoms with Crippen molar-refractivity contribution in [2.24, 2.45) is 0 Å². The van der Waals surface area contributed by atoms with Gasteiger partial charge in [-0.1, -0.05) is 23.8 Å². The summed E-state index contributed by atoms with van der Waals surface area (Å²) in [6.45, 7) is 5.03. The number of hydrogen-bond donors (Lipinski definition) is 1. The topological polar surface area (TPSA) is 73.2 Å². The van der Waals surface area contributed by atoms with Gasteiger partial charge in [-0.3, -0.25) is 19.6 Å². The minimum atomic E-state index is -0.750. The summed E-state index contributed by atoms with van der Waals surface area (Å²) in [5, 5.41) is 7.74. The van der Waals surface area contributed by atoms with Crippen molar-refractivity contribution < 1.29 is 14.3 Å². The number of aromatic nitrogens is 2. The van der Waals surface area contributed by atoms with Crippen molar-refractivity contribution in [3.8, 4) is 5.75 Å². The molecule has 0 bridgehead atoms. The maximum Gasteiger partial charge on any atom is 0.286 e. The Balaban J connectivity index is 1.33. The Hall–Kier alpha value is -2.80. The average Bonchev–Trinajstić information content (AvgIpc) is 3.15. The van der Waals surface area contributed by atoms with Gasteiger partial charge in [0.2, 0.25) is 5.91 Å². The zero-order valence-electron chi connectivity index (χ0n) is 15.8. The summed E-state index contributed by atoms with van der Waals surface area (Å²) in [6.07, 6.45) is 2.52. The molecule has 6 nitrogen and oxygen atoms in total. The minimum Gasteiger partial charge on any atom is -0.492 e. The first-order chi connectivity index (χ1) is 13.4. The number of ether oxygens (including phenoxy) is 1. The Morgan fingerprint density at radius 2 is 1.96 bits per heavy atom. The SMILES string of the molecule is Cc1ccc2nn(CCOc3ccc(CC4(C)SC(=O)NC4=O)cc3)cc2c1. The van der Waals surface area contributed by atoms with Crippen molar-refractivity contribution in [2.75, 3.05) is 6.61 Å². The third kappa shape index (κ3) is 3.89. The van der Waals surface area contributed by atoms with Gasteiger partial charge in [-0.25, -0.2) is 0 Å². The molecule has 28 heavy (non-hydrogen) atoms. The highest BCUT2D eigenvalue weighted by Gasteiger charge is 2.43. The zero-order chi connectivity index (χ0) is 19.7. The highest BCUT2D eigenvalue weighted by Crippen LogP contribution is 2.34. The largest absolute Gasteiger partial charge is 0.492 e. The van der Waals surface area contributed by atoms with Gasteiger partial charge in [-0.2, -0.15) is 5.10 Å². The molecule has 0 spiro atoms. The average molecular weight is 395 g/mol. The van der Waals surface area contributed by atoms with E-state index in [0.29, 0.717) is 19.6 Å². The van der Waals surface area contributed by atoms with Gasteiger partial charge in [-0.15, -0.1) is 0 Å². The molecule has 7 heteroatoms. The van der Waals surface area contributed by atoms with Gasteiger partial charge in [0.15, 0.2) is 0 Å². The number of nitrogens with one attached hydrogen (secondary N) is 1. The summed E-state index contributed by atoms with van der Waals surface area (Å²) in [6, 6.07) is 13.8. The number of rotatable bonds is 6. The van der Waals surface area contributed by atoms with E-state index in [0.717, 1.165) is 34.0 Å². The lowest BCUT2D eigenvalue weighted by Gasteiger charge is -2.18. The van der Waals surface area contributed by atoms with E-state index in [1.807, 2.05) is 41.2 Å². The molecule has 1 fully saturated rings. The van der Waals surface area contributed by atoms with Gasteiger partial charge < -0.3 is 4.74 Å². The van der Waals surface area contributed by atoms with Crippen molar-refractivity contribution in [1.29, 1.82) is 0 Å². The quantitative estimate of drug-likeness (QED) is 0.689. The molecule has 0 radical (unpaired) electrons. The Morgan fingerprint density at radius 3 is 2.68 bits per heavy atom. The van der Waals surface area contributed by atoms with Crippen LogP contribution in [0.4, 0.5) is 4.79 Å². The fourth-order valence-corrected chi connectivity index (χ4v) is 4.21. The van der Waals surface area contributed by atoms with Crippen molar-refractivity contribution in [2.45, 2.75) is 31.6 Å². The summed E-state index contributed by atoms with van der Waals surface area (Å²) in [5.41, 5.74) is 3.19. The molecule has 2 heterocycles. The molecule has 1 aliphatic rings. The molecule has 1 saturated heterocycles. The lowest BCUT2D eigenvalue weighted by atomic mass is 9.99. The van der Waals surface area contributed by atoms with Gasteiger partial charge >= 0.3 is 0 Å². The third-order valence-electron chi connectivity index (χ3n) is 4.78. The van der Waals surface area contributed by atoms with Gasteiger partial charge in [-0.05, 0) is 61.9 Å².